The lowest BCUT2D eigenvalue weighted by molar-refractivity contribution is -0.125. The van der Waals surface area contributed by atoms with Crippen LogP contribution in [-0.4, -0.2) is 40.2 Å². The van der Waals surface area contributed by atoms with Crippen molar-refractivity contribution in [1.82, 2.24) is 20.4 Å². The topological polar surface area (TPSA) is 84.2 Å². The Bertz CT molecular complexity index is 752. The van der Waals surface area contributed by atoms with Gasteiger partial charge in [-0.15, -0.1) is 0 Å². The van der Waals surface area contributed by atoms with Gasteiger partial charge < -0.3 is 14.7 Å². The molecule has 1 saturated carbocycles. The zero-order valence-corrected chi connectivity index (χ0v) is 13.5. The average molecular weight is 315 g/mol. The monoisotopic (exact) mass is 315 g/mol. The number of nitrogens with one attached hydrogen (secondary N) is 1. The molecule has 1 aliphatic heterocycles. The van der Waals surface area contributed by atoms with Gasteiger partial charge in [0.15, 0.2) is 0 Å². The fraction of sp³-hybridized carbons (Fsp3) is 0.625. The van der Waals surface area contributed by atoms with Gasteiger partial charge in [0.25, 0.3) is 5.71 Å². The van der Waals surface area contributed by atoms with Crippen molar-refractivity contribution in [3.63, 3.8) is 0 Å². The summed E-state index contributed by atoms with van der Waals surface area (Å²) >= 11 is 0. The van der Waals surface area contributed by atoms with Gasteiger partial charge in [-0.1, -0.05) is 5.16 Å². The largest absolute Gasteiger partial charge is 0.355 e. The summed E-state index contributed by atoms with van der Waals surface area (Å²) in [6, 6.07) is 0.409. The minimum atomic E-state index is 0.0230. The van der Waals surface area contributed by atoms with Crippen LogP contribution in [0.4, 0.5) is 5.82 Å². The molecule has 1 atom stereocenters. The quantitative estimate of drug-likeness (QED) is 0.928. The van der Waals surface area contributed by atoms with Crippen molar-refractivity contribution in [3.05, 3.63) is 11.5 Å². The van der Waals surface area contributed by atoms with Crippen molar-refractivity contribution in [2.24, 2.45) is 5.92 Å². The first kappa shape index (κ1) is 14.4. The lowest BCUT2D eigenvalue weighted by Gasteiger charge is -2.33. The van der Waals surface area contributed by atoms with Crippen molar-refractivity contribution >= 4 is 22.8 Å². The number of aryl methyl sites for hydroxylation is 2. The van der Waals surface area contributed by atoms with Gasteiger partial charge in [-0.3, -0.25) is 4.79 Å². The Kier molecular flexibility index (Phi) is 3.43. The van der Waals surface area contributed by atoms with Gasteiger partial charge in [0.1, 0.15) is 17.0 Å². The second kappa shape index (κ2) is 5.47. The predicted octanol–water partition coefficient (Wildman–Crippen LogP) is 1.73. The van der Waals surface area contributed by atoms with Crippen molar-refractivity contribution in [2.75, 3.05) is 18.0 Å². The van der Waals surface area contributed by atoms with Crippen LogP contribution in [-0.2, 0) is 4.79 Å². The number of nitrogens with zero attached hydrogens (tertiary/aromatic N) is 4. The van der Waals surface area contributed by atoms with Gasteiger partial charge in [-0.25, -0.2) is 4.98 Å². The molecule has 23 heavy (non-hydrogen) atoms. The van der Waals surface area contributed by atoms with Crippen molar-refractivity contribution < 1.29 is 9.32 Å². The molecule has 0 unspecified atom stereocenters. The Morgan fingerprint density at radius 3 is 2.87 bits per heavy atom. The number of hydrogen-bond acceptors (Lipinski definition) is 6. The van der Waals surface area contributed by atoms with Crippen LogP contribution in [0.5, 0.6) is 0 Å². The summed E-state index contributed by atoms with van der Waals surface area (Å²) in [5.41, 5.74) is 1.31. The molecule has 1 N–H and O–H groups in total. The number of piperidine rings is 1. The summed E-state index contributed by atoms with van der Waals surface area (Å²) in [6.45, 7) is 5.33. The molecular weight excluding hydrogens is 294 g/mol. The first-order valence-electron chi connectivity index (χ1n) is 8.28. The fourth-order valence-corrected chi connectivity index (χ4v) is 3.23. The summed E-state index contributed by atoms with van der Waals surface area (Å²) in [7, 11) is 0. The maximum atomic E-state index is 12.4. The molecule has 7 nitrogen and oxygen atoms in total. The van der Waals surface area contributed by atoms with Crippen LogP contribution in [0.15, 0.2) is 4.52 Å². The number of rotatable bonds is 3. The first-order valence-corrected chi connectivity index (χ1v) is 8.28. The normalized spacial score (nSPS) is 21.7. The molecule has 2 aromatic rings. The Hall–Kier alpha value is -2.18. The summed E-state index contributed by atoms with van der Waals surface area (Å²) in [5.74, 6) is 1.71. The van der Waals surface area contributed by atoms with E-state index in [1.165, 1.54) is 0 Å². The molecular formula is C16H21N5O2. The number of amides is 1. The third-order valence-electron chi connectivity index (χ3n) is 4.61. The number of fused-ring (bicyclic) bond motifs is 1. The maximum Gasteiger partial charge on any atom is 0.263 e. The van der Waals surface area contributed by atoms with Gasteiger partial charge in [-0.2, -0.15) is 4.98 Å². The number of aromatic nitrogens is 3. The molecule has 2 aliphatic rings. The van der Waals surface area contributed by atoms with E-state index in [2.05, 4.69) is 25.3 Å². The van der Waals surface area contributed by atoms with E-state index in [9.17, 15) is 4.79 Å². The first-order chi connectivity index (χ1) is 11.1. The zero-order valence-electron chi connectivity index (χ0n) is 13.5. The zero-order chi connectivity index (χ0) is 16.0. The van der Waals surface area contributed by atoms with E-state index in [4.69, 9.17) is 4.52 Å². The SMILES string of the molecule is Cc1nc(N2CCC[C@H](C(=O)NC3CC3)C2)c2c(C)noc2n1. The second-order valence-corrected chi connectivity index (χ2v) is 6.61. The third-order valence-corrected chi connectivity index (χ3v) is 4.61. The maximum absolute atomic E-state index is 12.4. The van der Waals surface area contributed by atoms with Crippen LogP contribution in [0.2, 0.25) is 0 Å². The van der Waals surface area contributed by atoms with Crippen LogP contribution < -0.4 is 10.2 Å². The molecule has 2 fully saturated rings. The molecule has 7 heteroatoms. The Balaban J connectivity index is 1.61. The summed E-state index contributed by atoms with van der Waals surface area (Å²) < 4.78 is 5.29. The van der Waals surface area contributed by atoms with Crippen LogP contribution in [0.1, 0.15) is 37.2 Å². The Morgan fingerprint density at radius 1 is 1.26 bits per heavy atom. The van der Waals surface area contributed by atoms with Gasteiger partial charge in [0.2, 0.25) is 5.91 Å². The molecule has 1 aliphatic carbocycles. The molecule has 0 spiro atoms. The highest BCUT2D eigenvalue weighted by Gasteiger charge is 2.32. The number of hydrogen-bond donors (Lipinski definition) is 1. The number of carbonyl (C=O) groups is 1. The van der Waals surface area contributed by atoms with Gasteiger partial charge in [0.05, 0.1) is 11.6 Å². The standard InChI is InChI=1S/C16H21N5O2/c1-9-13-14(17-10(2)18-16(13)23-20-9)21-7-3-4-11(8-21)15(22)19-12-5-6-12/h11-12H,3-8H2,1-2H3,(H,19,22)/t11-/m0/s1. The Labute approximate surface area is 134 Å². The molecule has 3 heterocycles. The highest BCUT2D eigenvalue weighted by atomic mass is 16.5. The van der Waals surface area contributed by atoms with Crippen LogP contribution in [0, 0.1) is 19.8 Å². The smallest absolute Gasteiger partial charge is 0.263 e. The van der Waals surface area contributed by atoms with Gasteiger partial charge in [0, 0.05) is 19.1 Å². The summed E-state index contributed by atoms with van der Waals surface area (Å²) in [4.78, 5) is 23.5. The van der Waals surface area contributed by atoms with Crippen molar-refractivity contribution in [3.8, 4) is 0 Å². The van der Waals surface area contributed by atoms with E-state index in [0.29, 0.717) is 24.1 Å². The van der Waals surface area contributed by atoms with E-state index in [0.717, 1.165) is 49.1 Å². The third kappa shape index (κ3) is 2.75. The molecule has 122 valence electrons. The van der Waals surface area contributed by atoms with Crippen LogP contribution in [0.3, 0.4) is 0 Å². The predicted molar refractivity (Wildman–Crippen MR) is 85.2 cm³/mol. The van der Waals surface area contributed by atoms with Crippen molar-refractivity contribution in [1.29, 1.82) is 0 Å². The highest BCUT2D eigenvalue weighted by molar-refractivity contribution is 5.88. The minimum absolute atomic E-state index is 0.0230. The minimum Gasteiger partial charge on any atom is -0.355 e. The highest BCUT2D eigenvalue weighted by Crippen LogP contribution is 2.30. The van der Waals surface area contributed by atoms with E-state index in [-0.39, 0.29) is 11.8 Å². The van der Waals surface area contributed by atoms with Crippen LogP contribution >= 0.6 is 0 Å². The van der Waals surface area contributed by atoms with Gasteiger partial charge in [-0.05, 0) is 39.5 Å². The number of anilines is 1. The van der Waals surface area contributed by atoms with E-state index in [1.54, 1.807) is 0 Å². The molecule has 0 bridgehead atoms. The Morgan fingerprint density at radius 2 is 2.09 bits per heavy atom. The fourth-order valence-electron chi connectivity index (χ4n) is 3.23. The van der Waals surface area contributed by atoms with Crippen LogP contribution in [0.25, 0.3) is 11.1 Å². The lowest BCUT2D eigenvalue weighted by atomic mass is 9.97. The molecule has 1 amide bonds. The van der Waals surface area contributed by atoms with Crippen molar-refractivity contribution in [2.45, 2.75) is 45.6 Å². The molecule has 2 aromatic heterocycles. The summed E-state index contributed by atoms with van der Waals surface area (Å²) in [5, 5.41) is 7.99. The molecule has 1 saturated heterocycles. The summed E-state index contributed by atoms with van der Waals surface area (Å²) in [6.07, 6.45) is 4.16. The molecule has 4 rings (SSSR count). The number of carbonyl (C=O) groups excluding carboxylic acids is 1. The lowest BCUT2D eigenvalue weighted by Crippen LogP contribution is -2.44. The molecule has 0 radical (unpaired) electrons. The van der Waals surface area contributed by atoms with Gasteiger partial charge >= 0.3 is 0 Å². The second-order valence-electron chi connectivity index (χ2n) is 6.61. The van der Waals surface area contributed by atoms with E-state index in [1.807, 2.05) is 13.8 Å². The van der Waals surface area contributed by atoms with E-state index < -0.39 is 0 Å². The average Bonchev–Trinajstić information content (AvgIpc) is 3.29. The molecule has 0 aromatic carbocycles. The van der Waals surface area contributed by atoms with E-state index >= 15 is 0 Å².